The molecule has 19 heavy (non-hydrogen) atoms. The summed E-state index contributed by atoms with van der Waals surface area (Å²) in [5, 5.41) is 0. The molecule has 5 nitrogen and oxygen atoms in total. The number of likely N-dealkylation sites (tertiary alicyclic amines) is 1. The van der Waals surface area contributed by atoms with Gasteiger partial charge in [-0.2, -0.15) is 0 Å². The van der Waals surface area contributed by atoms with Crippen molar-refractivity contribution < 1.29 is 14.3 Å². The number of esters is 1. The maximum atomic E-state index is 11.7. The van der Waals surface area contributed by atoms with Gasteiger partial charge in [-0.25, -0.2) is 0 Å². The molecule has 1 heterocycles. The highest BCUT2D eigenvalue weighted by Gasteiger charge is 2.21. The molecule has 1 fully saturated rings. The summed E-state index contributed by atoms with van der Waals surface area (Å²) in [6.45, 7) is 5.79. The molecule has 1 aliphatic heterocycles. The van der Waals surface area contributed by atoms with Gasteiger partial charge in [0.25, 0.3) is 0 Å². The van der Waals surface area contributed by atoms with E-state index in [-0.39, 0.29) is 24.6 Å². The van der Waals surface area contributed by atoms with Crippen LogP contribution in [0, 0.1) is 5.92 Å². The normalized spacial score (nSPS) is 19.9. The summed E-state index contributed by atoms with van der Waals surface area (Å²) in [5.74, 6) is 0.491. The number of ketones is 1. The molecule has 1 atom stereocenters. The van der Waals surface area contributed by atoms with Crippen LogP contribution in [0.15, 0.2) is 0 Å². The molecule has 0 aromatic heterocycles. The molecule has 110 valence electrons. The average Bonchev–Trinajstić information content (AvgIpc) is 2.72. The van der Waals surface area contributed by atoms with Gasteiger partial charge in [0.1, 0.15) is 5.78 Å². The molecule has 1 unspecified atom stereocenters. The molecule has 0 bridgehead atoms. The summed E-state index contributed by atoms with van der Waals surface area (Å²) in [6, 6.07) is 0. The van der Waals surface area contributed by atoms with Gasteiger partial charge in [-0.05, 0) is 39.9 Å². The second-order valence-corrected chi connectivity index (χ2v) is 5.46. The monoisotopic (exact) mass is 270 g/mol. The van der Waals surface area contributed by atoms with E-state index in [1.807, 2.05) is 7.05 Å². The molecular formula is C14H26N2O3. The Balaban J connectivity index is 2.15. The first-order chi connectivity index (χ1) is 9.01. The second-order valence-electron chi connectivity index (χ2n) is 5.46. The first-order valence-corrected chi connectivity index (χ1v) is 7.05. The lowest BCUT2D eigenvalue weighted by molar-refractivity contribution is -0.144. The predicted octanol–water partition coefficient (Wildman–Crippen LogP) is 0.782. The zero-order valence-corrected chi connectivity index (χ0v) is 12.4. The fourth-order valence-electron chi connectivity index (χ4n) is 2.54. The van der Waals surface area contributed by atoms with Crippen LogP contribution < -0.4 is 0 Å². The highest BCUT2D eigenvalue weighted by Crippen LogP contribution is 2.15. The van der Waals surface area contributed by atoms with Gasteiger partial charge in [-0.1, -0.05) is 0 Å². The van der Waals surface area contributed by atoms with Gasteiger partial charge in [-0.3, -0.25) is 14.5 Å². The van der Waals surface area contributed by atoms with Crippen molar-refractivity contribution >= 4 is 11.8 Å². The van der Waals surface area contributed by atoms with Gasteiger partial charge in [0.15, 0.2) is 0 Å². The van der Waals surface area contributed by atoms with Crippen LogP contribution in [-0.2, 0) is 14.3 Å². The Morgan fingerprint density at radius 3 is 2.68 bits per heavy atom. The van der Waals surface area contributed by atoms with Gasteiger partial charge in [0, 0.05) is 19.5 Å². The zero-order chi connectivity index (χ0) is 14.3. The van der Waals surface area contributed by atoms with E-state index >= 15 is 0 Å². The first kappa shape index (κ1) is 16.1. The van der Waals surface area contributed by atoms with Crippen molar-refractivity contribution in [3.05, 3.63) is 0 Å². The molecule has 0 aromatic rings. The number of likely N-dealkylation sites (N-methyl/N-ethyl adjacent to an activating group) is 1. The molecule has 0 radical (unpaired) electrons. The van der Waals surface area contributed by atoms with Crippen molar-refractivity contribution in [2.75, 3.05) is 46.9 Å². The van der Waals surface area contributed by atoms with Crippen LogP contribution in [0.25, 0.3) is 0 Å². The Morgan fingerprint density at radius 2 is 2.11 bits per heavy atom. The largest absolute Gasteiger partial charge is 0.466 e. The van der Waals surface area contributed by atoms with E-state index < -0.39 is 0 Å². The molecule has 0 amide bonds. The van der Waals surface area contributed by atoms with E-state index in [1.54, 1.807) is 6.92 Å². The van der Waals surface area contributed by atoms with E-state index in [2.05, 4.69) is 16.8 Å². The SMILES string of the molecule is CCOC(=O)CCC(=O)CN(C)CC1CCN(C)C1. The van der Waals surface area contributed by atoms with E-state index in [4.69, 9.17) is 4.74 Å². The topological polar surface area (TPSA) is 49.9 Å². The molecule has 0 saturated carbocycles. The summed E-state index contributed by atoms with van der Waals surface area (Å²) in [4.78, 5) is 27.3. The number of hydrogen-bond acceptors (Lipinski definition) is 5. The average molecular weight is 270 g/mol. The molecule has 0 aliphatic carbocycles. The summed E-state index contributed by atoms with van der Waals surface area (Å²) in [6.07, 6.45) is 1.69. The number of rotatable bonds is 8. The van der Waals surface area contributed by atoms with E-state index in [1.165, 1.54) is 6.42 Å². The quantitative estimate of drug-likeness (QED) is 0.610. The number of hydrogen-bond donors (Lipinski definition) is 0. The number of ether oxygens (including phenoxy) is 1. The van der Waals surface area contributed by atoms with Crippen LogP contribution in [-0.4, -0.2) is 68.4 Å². The van der Waals surface area contributed by atoms with Crippen molar-refractivity contribution in [2.45, 2.75) is 26.2 Å². The maximum Gasteiger partial charge on any atom is 0.306 e. The third kappa shape index (κ3) is 6.68. The fourth-order valence-corrected chi connectivity index (χ4v) is 2.54. The van der Waals surface area contributed by atoms with Crippen LogP contribution in [0.2, 0.25) is 0 Å². The van der Waals surface area contributed by atoms with Crippen LogP contribution in [0.3, 0.4) is 0 Å². The molecule has 0 aromatic carbocycles. The minimum absolute atomic E-state index is 0.113. The minimum Gasteiger partial charge on any atom is -0.466 e. The third-order valence-corrected chi connectivity index (χ3v) is 3.42. The van der Waals surface area contributed by atoms with Crippen LogP contribution in [0.4, 0.5) is 0 Å². The molecule has 1 aliphatic rings. The number of carbonyl (C=O) groups excluding carboxylic acids is 2. The van der Waals surface area contributed by atoms with Crippen molar-refractivity contribution in [2.24, 2.45) is 5.92 Å². The van der Waals surface area contributed by atoms with E-state index in [0.717, 1.165) is 19.6 Å². The Morgan fingerprint density at radius 1 is 1.37 bits per heavy atom. The summed E-state index contributed by atoms with van der Waals surface area (Å²) in [7, 11) is 4.10. The Hall–Kier alpha value is -0.940. The van der Waals surface area contributed by atoms with Gasteiger partial charge in [-0.15, -0.1) is 0 Å². The molecule has 1 rings (SSSR count). The highest BCUT2D eigenvalue weighted by atomic mass is 16.5. The predicted molar refractivity (Wildman–Crippen MR) is 74.0 cm³/mol. The number of Topliss-reactive ketones (excluding diaryl/α,β-unsaturated/α-hetero) is 1. The van der Waals surface area contributed by atoms with Gasteiger partial charge in [0.05, 0.1) is 19.6 Å². The number of carbonyl (C=O) groups is 2. The second kappa shape index (κ2) is 8.27. The first-order valence-electron chi connectivity index (χ1n) is 7.05. The van der Waals surface area contributed by atoms with Crippen molar-refractivity contribution in [3.63, 3.8) is 0 Å². The molecule has 5 heteroatoms. The Labute approximate surface area is 115 Å². The van der Waals surface area contributed by atoms with Crippen LogP contribution in [0.1, 0.15) is 26.2 Å². The minimum atomic E-state index is -0.282. The Kier molecular flexibility index (Phi) is 7.02. The summed E-state index contributed by atoms with van der Waals surface area (Å²) in [5.41, 5.74) is 0. The fraction of sp³-hybridized carbons (Fsp3) is 0.857. The molecule has 0 spiro atoms. The smallest absolute Gasteiger partial charge is 0.306 e. The van der Waals surface area contributed by atoms with Crippen LogP contribution in [0.5, 0.6) is 0 Å². The lowest BCUT2D eigenvalue weighted by Crippen LogP contribution is -2.32. The van der Waals surface area contributed by atoms with Gasteiger partial charge < -0.3 is 9.64 Å². The van der Waals surface area contributed by atoms with Crippen molar-refractivity contribution in [3.8, 4) is 0 Å². The molecule has 0 N–H and O–H groups in total. The van der Waals surface area contributed by atoms with E-state index in [0.29, 0.717) is 19.1 Å². The summed E-state index contributed by atoms with van der Waals surface area (Å²) >= 11 is 0. The zero-order valence-electron chi connectivity index (χ0n) is 12.4. The lowest BCUT2D eigenvalue weighted by Gasteiger charge is -2.20. The van der Waals surface area contributed by atoms with Crippen LogP contribution >= 0.6 is 0 Å². The summed E-state index contributed by atoms with van der Waals surface area (Å²) < 4.78 is 4.81. The number of nitrogens with zero attached hydrogens (tertiary/aromatic N) is 2. The molecule has 1 saturated heterocycles. The van der Waals surface area contributed by atoms with Crippen molar-refractivity contribution in [1.29, 1.82) is 0 Å². The maximum absolute atomic E-state index is 11.7. The highest BCUT2D eigenvalue weighted by molar-refractivity contribution is 5.84. The van der Waals surface area contributed by atoms with Gasteiger partial charge >= 0.3 is 5.97 Å². The molecular weight excluding hydrogens is 244 g/mol. The van der Waals surface area contributed by atoms with E-state index in [9.17, 15) is 9.59 Å². The van der Waals surface area contributed by atoms with Crippen molar-refractivity contribution in [1.82, 2.24) is 9.80 Å². The standard InChI is InChI=1S/C14H26N2O3/c1-4-19-14(18)6-5-13(17)11-16(3)10-12-7-8-15(2)9-12/h12H,4-11H2,1-3H3. The third-order valence-electron chi connectivity index (χ3n) is 3.42. The van der Waals surface area contributed by atoms with Gasteiger partial charge in [0.2, 0.25) is 0 Å². The lowest BCUT2D eigenvalue weighted by atomic mass is 10.1. The Bertz CT molecular complexity index is 307.